The fourth-order valence-corrected chi connectivity index (χ4v) is 4.50. The number of carbonyl (C=O) groups excluding carboxylic acids is 3. The second kappa shape index (κ2) is 9.22. The molecule has 2 N–H and O–H groups in total. The summed E-state index contributed by atoms with van der Waals surface area (Å²) in [4.78, 5) is 37.7. The van der Waals surface area contributed by atoms with E-state index < -0.39 is 18.0 Å². The molecule has 2 atom stereocenters. The van der Waals surface area contributed by atoms with Crippen molar-refractivity contribution in [2.75, 3.05) is 10.6 Å². The van der Waals surface area contributed by atoms with E-state index in [-0.39, 0.29) is 5.91 Å². The Labute approximate surface area is 174 Å². The van der Waals surface area contributed by atoms with Crippen molar-refractivity contribution in [2.45, 2.75) is 52.6 Å². The highest BCUT2D eigenvalue weighted by atomic mass is 32.1. The molecule has 1 aromatic heterocycles. The third-order valence-corrected chi connectivity index (χ3v) is 6.31. The Bertz CT molecular complexity index is 904. The van der Waals surface area contributed by atoms with Gasteiger partial charge in [0.1, 0.15) is 4.88 Å². The number of rotatable bonds is 6. The Morgan fingerprint density at radius 1 is 1.17 bits per heavy atom. The van der Waals surface area contributed by atoms with Gasteiger partial charge in [0.15, 0.2) is 6.10 Å². The van der Waals surface area contributed by atoms with Gasteiger partial charge in [-0.25, -0.2) is 4.79 Å². The van der Waals surface area contributed by atoms with E-state index in [0.717, 1.165) is 25.7 Å². The summed E-state index contributed by atoms with van der Waals surface area (Å²) in [6, 6.07) is 8.65. The highest BCUT2D eigenvalue weighted by Gasteiger charge is 2.25. The van der Waals surface area contributed by atoms with Crippen LogP contribution in [0.25, 0.3) is 0 Å². The lowest BCUT2D eigenvalue weighted by molar-refractivity contribution is -0.123. The summed E-state index contributed by atoms with van der Waals surface area (Å²) < 4.78 is 5.38. The second-order valence-corrected chi connectivity index (χ2v) is 8.51. The van der Waals surface area contributed by atoms with Gasteiger partial charge in [0, 0.05) is 23.2 Å². The molecular weight excluding hydrogens is 388 g/mol. The summed E-state index contributed by atoms with van der Waals surface area (Å²) in [5.74, 6) is -0.343. The number of esters is 1. The smallest absolute Gasteiger partial charge is 0.349 e. The van der Waals surface area contributed by atoms with E-state index in [4.69, 9.17) is 4.74 Å². The number of amides is 2. The van der Waals surface area contributed by atoms with Crippen molar-refractivity contribution in [3.63, 3.8) is 0 Å². The molecule has 0 spiro atoms. The van der Waals surface area contributed by atoms with Gasteiger partial charge >= 0.3 is 5.97 Å². The molecule has 0 radical (unpaired) electrons. The van der Waals surface area contributed by atoms with E-state index in [1.807, 2.05) is 6.07 Å². The maximum absolute atomic E-state index is 12.5. The Hall–Kier alpha value is -2.67. The first-order valence-corrected chi connectivity index (χ1v) is 10.7. The molecule has 7 heteroatoms. The summed E-state index contributed by atoms with van der Waals surface area (Å²) in [6.07, 6.45) is 3.42. The van der Waals surface area contributed by atoms with Crippen molar-refractivity contribution in [1.29, 1.82) is 0 Å². The van der Waals surface area contributed by atoms with E-state index in [1.54, 1.807) is 31.2 Å². The molecule has 1 heterocycles. The number of fused-ring (bicyclic) bond motifs is 1. The number of anilines is 2. The molecule has 0 saturated heterocycles. The Morgan fingerprint density at radius 3 is 2.45 bits per heavy atom. The average Bonchev–Trinajstić information content (AvgIpc) is 3.12. The summed E-state index contributed by atoms with van der Waals surface area (Å²) in [6.45, 7) is 5.18. The number of carbonyl (C=O) groups is 3. The SMILES string of the molecule is CC[C@H]1CCc2sc(C(=O)O[C@@H](C)C(=O)Nc3ccc(NC(C)=O)cc3)cc2C1. The van der Waals surface area contributed by atoms with E-state index in [2.05, 4.69) is 17.6 Å². The topological polar surface area (TPSA) is 84.5 Å². The monoisotopic (exact) mass is 414 g/mol. The first-order valence-electron chi connectivity index (χ1n) is 9.86. The zero-order valence-electron chi connectivity index (χ0n) is 16.9. The molecule has 1 aliphatic rings. The number of ether oxygens (including phenoxy) is 1. The van der Waals surface area contributed by atoms with Crippen LogP contribution in [0.4, 0.5) is 11.4 Å². The molecule has 2 aromatic rings. The van der Waals surface area contributed by atoms with Crippen LogP contribution in [0.2, 0.25) is 0 Å². The van der Waals surface area contributed by atoms with E-state index >= 15 is 0 Å². The van der Waals surface area contributed by atoms with E-state index in [1.165, 1.54) is 28.7 Å². The van der Waals surface area contributed by atoms with Crippen LogP contribution in [0.3, 0.4) is 0 Å². The molecule has 6 nitrogen and oxygen atoms in total. The third kappa shape index (κ3) is 5.44. The van der Waals surface area contributed by atoms with Crippen molar-refractivity contribution in [3.8, 4) is 0 Å². The van der Waals surface area contributed by atoms with E-state index in [9.17, 15) is 14.4 Å². The number of thiophene rings is 1. The summed E-state index contributed by atoms with van der Waals surface area (Å²) in [5, 5.41) is 5.38. The molecule has 29 heavy (non-hydrogen) atoms. The van der Waals surface area contributed by atoms with Crippen LogP contribution in [0, 0.1) is 5.92 Å². The molecule has 1 aliphatic carbocycles. The van der Waals surface area contributed by atoms with Gasteiger partial charge in [-0.15, -0.1) is 11.3 Å². The number of hydrogen-bond acceptors (Lipinski definition) is 5. The summed E-state index contributed by atoms with van der Waals surface area (Å²) in [5.41, 5.74) is 2.45. The zero-order valence-corrected chi connectivity index (χ0v) is 17.7. The molecule has 0 aliphatic heterocycles. The lowest BCUT2D eigenvalue weighted by atomic mass is 9.87. The van der Waals surface area contributed by atoms with Crippen LogP contribution in [-0.2, 0) is 27.2 Å². The van der Waals surface area contributed by atoms with Gasteiger partial charge in [-0.2, -0.15) is 0 Å². The van der Waals surface area contributed by atoms with Gasteiger partial charge in [0.2, 0.25) is 5.91 Å². The van der Waals surface area contributed by atoms with Crippen LogP contribution in [0.5, 0.6) is 0 Å². The minimum absolute atomic E-state index is 0.164. The lowest BCUT2D eigenvalue weighted by Crippen LogP contribution is -2.29. The summed E-state index contributed by atoms with van der Waals surface area (Å²) >= 11 is 1.48. The summed E-state index contributed by atoms with van der Waals surface area (Å²) in [7, 11) is 0. The van der Waals surface area contributed by atoms with E-state index in [0.29, 0.717) is 22.2 Å². The van der Waals surface area contributed by atoms with Crippen molar-refractivity contribution in [2.24, 2.45) is 5.92 Å². The predicted octanol–water partition coefficient (Wildman–Crippen LogP) is 4.41. The number of nitrogens with one attached hydrogen (secondary N) is 2. The minimum atomic E-state index is -0.917. The highest BCUT2D eigenvalue weighted by molar-refractivity contribution is 7.14. The van der Waals surface area contributed by atoms with Crippen LogP contribution in [-0.4, -0.2) is 23.9 Å². The maximum Gasteiger partial charge on any atom is 0.349 e. The molecule has 0 fully saturated rings. The van der Waals surface area contributed by atoms with Crippen LogP contribution < -0.4 is 10.6 Å². The molecule has 3 rings (SSSR count). The normalized spacial score (nSPS) is 16.4. The number of aryl methyl sites for hydroxylation is 1. The molecule has 1 aromatic carbocycles. The standard InChI is InChI=1S/C22H26N2O4S/c1-4-15-5-10-19-16(11-15)12-20(29-19)22(27)28-13(2)21(26)24-18-8-6-17(7-9-18)23-14(3)25/h6-9,12-13,15H,4-5,10-11H2,1-3H3,(H,23,25)(H,24,26)/t13-,15-/m0/s1. The van der Waals surface area contributed by atoms with Gasteiger partial charge in [0.05, 0.1) is 0 Å². The molecule has 0 bridgehead atoms. The average molecular weight is 415 g/mol. The molecule has 2 amide bonds. The van der Waals surface area contributed by atoms with Gasteiger partial charge in [0.25, 0.3) is 5.91 Å². The largest absolute Gasteiger partial charge is 0.448 e. The highest BCUT2D eigenvalue weighted by Crippen LogP contribution is 2.34. The third-order valence-electron chi connectivity index (χ3n) is 5.09. The first-order chi connectivity index (χ1) is 13.9. The van der Waals surface area contributed by atoms with Gasteiger partial charge in [-0.1, -0.05) is 13.3 Å². The van der Waals surface area contributed by atoms with Crippen LogP contribution >= 0.6 is 11.3 Å². The van der Waals surface area contributed by atoms with Crippen molar-refractivity contribution in [3.05, 3.63) is 45.6 Å². The molecule has 154 valence electrons. The number of hydrogen-bond donors (Lipinski definition) is 2. The van der Waals surface area contributed by atoms with Crippen molar-refractivity contribution in [1.82, 2.24) is 0 Å². The minimum Gasteiger partial charge on any atom is -0.448 e. The van der Waals surface area contributed by atoms with Crippen LogP contribution in [0.15, 0.2) is 30.3 Å². The zero-order chi connectivity index (χ0) is 21.0. The molecule has 0 unspecified atom stereocenters. The lowest BCUT2D eigenvalue weighted by Gasteiger charge is -2.19. The quantitative estimate of drug-likeness (QED) is 0.686. The first kappa shape index (κ1) is 21.0. The molecular formula is C22H26N2O4S. The maximum atomic E-state index is 12.5. The van der Waals surface area contributed by atoms with Gasteiger partial charge in [-0.05, 0) is 68.0 Å². The fourth-order valence-electron chi connectivity index (χ4n) is 3.40. The van der Waals surface area contributed by atoms with Gasteiger partial charge < -0.3 is 15.4 Å². The Morgan fingerprint density at radius 2 is 1.83 bits per heavy atom. The predicted molar refractivity (Wildman–Crippen MR) is 114 cm³/mol. The molecule has 0 saturated carbocycles. The van der Waals surface area contributed by atoms with Crippen molar-refractivity contribution >= 4 is 40.5 Å². The van der Waals surface area contributed by atoms with Crippen molar-refractivity contribution < 1.29 is 19.1 Å². The number of benzene rings is 1. The fraction of sp³-hybridized carbons (Fsp3) is 0.409. The Balaban J connectivity index is 1.56. The second-order valence-electron chi connectivity index (χ2n) is 7.37. The Kier molecular flexibility index (Phi) is 6.69. The van der Waals surface area contributed by atoms with Gasteiger partial charge in [-0.3, -0.25) is 9.59 Å². The van der Waals surface area contributed by atoms with Crippen LogP contribution in [0.1, 0.15) is 53.7 Å².